The quantitative estimate of drug-likeness (QED) is 0.590. The summed E-state index contributed by atoms with van der Waals surface area (Å²) in [7, 11) is -0.218. The number of benzene rings is 2. The SMILES string of the molecule is CSc1ccccc1[P@](C)c1ccccc1. The lowest BCUT2D eigenvalue weighted by Crippen LogP contribution is -2.12. The minimum Gasteiger partial charge on any atom is -0.129 e. The van der Waals surface area contributed by atoms with E-state index in [2.05, 4.69) is 67.5 Å². The highest BCUT2D eigenvalue weighted by atomic mass is 32.2. The Bertz CT molecular complexity index is 453. The topological polar surface area (TPSA) is 0 Å². The molecule has 0 N–H and O–H groups in total. The van der Waals surface area contributed by atoms with Crippen molar-refractivity contribution in [3.63, 3.8) is 0 Å². The number of thioether (sulfide) groups is 1. The van der Waals surface area contributed by atoms with Crippen molar-refractivity contribution in [2.75, 3.05) is 12.9 Å². The van der Waals surface area contributed by atoms with Crippen molar-refractivity contribution < 1.29 is 0 Å². The van der Waals surface area contributed by atoms with Gasteiger partial charge < -0.3 is 0 Å². The van der Waals surface area contributed by atoms with Gasteiger partial charge in [-0.2, -0.15) is 0 Å². The van der Waals surface area contributed by atoms with Crippen molar-refractivity contribution in [2.24, 2.45) is 0 Å². The van der Waals surface area contributed by atoms with Crippen molar-refractivity contribution in [1.82, 2.24) is 0 Å². The maximum atomic E-state index is 2.33. The highest BCUT2D eigenvalue weighted by Gasteiger charge is 2.10. The molecule has 0 saturated carbocycles. The molecule has 0 aliphatic heterocycles. The third kappa shape index (κ3) is 2.48. The maximum absolute atomic E-state index is 2.33. The molecule has 0 saturated heterocycles. The third-order valence-corrected chi connectivity index (χ3v) is 5.72. The predicted octanol–water partition coefficient (Wildman–Crippen LogP) is 3.47. The van der Waals surface area contributed by atoms with Crippen LogP contribution in [0.3, 0.4) is 0 Å². The van der Waals surface area contributed by atoms with E-state index in [9.17, 15) is 0 Å². The van der Waals surface area contributed by atoms with Crippen LogP contribution in [0.15, 0.2) is 59.5 Å². The smallest absolute Gasteiger partial charge is 0.0149 e. The van der Waals surface area contributed by atoms with Crippen molar-refractivity contribution in [1.29, 1.82) is 0 Å². The van der Waals surface area contributed by atoms with Gasteiger partial charge in [0.1, 0.15) is 0 Å². The highest BCUT2D eigenvalue weighted by Crippen LogP contribution is 2.32. The summed E-state index contributed by atoms with van der Waals surface area (Å²) in [5.74, 6) is 0. The van der Waals surface area contributed by atoms with E-state index in [0.29, 0.717) is 0 Å². The Labute approximate surface area is 103 Å². The molecule has 0 heterocycles. The molecule has 0 nitrogen and oxygen atoms in total. The molecule has 0 aliphatic carbocycles. The number of rotatable bonds is 3. The van der Waals surface area contributed by atoms with E-state index in [1.54, 1.807) is 0 Å². The predicted molar refractivity (Wildman–Crippen MR) is 76.8 cm³/mol. The maximum Gasteiger partial charge on any atom is 0.0149 e. The van der Waals surface area contributed by atoms with Gasteiger partial charge in [0, 0.05) is 4.90 Å². The van der Waals surface area contributed by atoms with Crippen molar-refractivity contribution in [2.45, 2.75) is 4.90 Å². The van der Waals surface area contributed by atoms with E-state index in [1.165, 1.54) is 15.5 Å². The van der Waals surface area contributed by atoms with Crippen LogP contribution in [-0.4, -0.2) is 12.9 Å². The van der Waals surface area contributed by atoms with E-state index in [4.69, 9.17) is 0 Å². The van der Waals surface area contributed by atoms with Crippen LogP contribution in [0.1, 0.15) is 0 Å². The Hall–Kier alpha value is -0.780. The lowest BCUT2D eigenvalue weighted by molar-refractivity contribution is 1.53. The molecular weight excluding hydrogens is 231 g/mol. The van der Waals surface area contributed by atoms with Gasteiger partial charge in [0.25, 0.3) is 0 Å². The second-order valence-corrected chi connectivity index (χ2v) is 6.53. The van der Waals surface area contributed by atoms with Gasteiger partial charge in [0.2, 0.25) is 0 Å². The summed E-state index contributed by atoms with van der Waals surface area (Å²) in [5, 5.41) is 2.93. The largest absolute Gasteiger partial charge is 0.129 e. The molecule has 2 aromatic rings. The van der Waals surface area contributed by atoms with Gasteiger partial charge in [0.15, 0.2) is 0 Å². The second kappa shape index (κ2) is 5.52. The van der Waals surface area contributed by atoms with E-state index in [0.717, 1.165) is 0 Å². The lowest BCUT2D eigenvalue weighted by Gasteiger charge is -2.16. The molecule has 2 rings (SSSR count). The highest BCUT2D eigenvalue weighted by molar-refractivity contribution is 7.99. The van der Waals surface area contributed by atoms with E-state index in [-0.39, 0.29) is 7.92 Å². The second-order valence-electron chi connectivity index (χ2n) is 3.57. The number of hydrogen-bond donors (Lipinski definition) is 0. The normalized spacial score (nSPS) is 12.4. The van der Waals surface area contributed by atoms with E-state index < -0.39 is 0 Å². The van der Waals surface area contributed by atoms with Gasteiger partial charge in [-0.15, -0.1) is 11.8 Å². The molecule has 2 heteroatoms. The van der Waals surface area contributed by atoms with Crippen LogP contribution in [0.4, 0.5) is 0 Å². The van der Waals surface area contributed by atoms with Crippen molar-refractivity contribution in [3.8, 4) is 0 Å². The fraction of sp³-hybridized carbons (Fsp3) is 0.143. The monoisotopic (exact) mass is 246 g/mol. The van der Waals surface area contributed by atoms with Gasteiger partial charge in [-0.3, -0.25) is 0 Å². The molecule has 0 radical (unpaired) electrons. The van der Waals surface area contributed by atoms with Crippen molar-refractivity contribution in [3.05, 3.63) is 54.6 Å². The lowest BCUT2D eigenvalue weighted by atomic mass is 10.4. The first-order valence-electron chi connectivity index (χ1n) is 5.24. The molecule has 1 atom stereocenters. The molecular formula is C14H15PS. The number of hydrogen-bond acceptors (Lipinski definition) is 1. The fourth-order valence-corrected chi connectivity index (χ4v) is 4.49. The summed E-state index contributed by atoms with van der Waals surface area (Å²) in [4.78, 5) is 1.40. The molecule has 0 amide bonds. The molecule has 0 fully saturated rings. The molecule has 2 aromatic carbocycles. The Morgan fingerprint density at radius 2 is 1.50 bits per heavy atom. The minimum absolute atomic E-state index is 0.218. The Morgan fingerprint density at radius 3 is 2.19 bits per heavy atom. The average molecular weight is 246 g/mol. The summed E-state index contributed by atoms with van der Waals surface area (Å²) >= 11 is 1.83. The molecule has 0 bridgehead atoms. The fourth-order valence-electron chi connectivity index (χ4n) is 1.70. The third-order valence-electron chi connectivity index (χ3n) is 2.59. The summed E-state index contributed by atoms with van der Waals surface area (Å²) in [6.45, 7) is 2.33. The first-order chi connectivity index (χ1) is 7.83. The van der Waals surface area contributed by atoms with Crippen LogP contribution < -0.4 is 10.6 Å². The van der Waals surface area contributed by atoms with Crippen LogP contribution >= 0.6 is 19.7 Å². The summed E-state index contributed by atoms with van der Waals surface area (Å²) in [6.07, 6.45) is 2.15. The van der Waals surface area contributed by atoms with Crippen LogP contribution in [0, 0.1) is 0 Å². The molecule has 0 aromatic heterocycles. The van der Waals surface area contributed by atoms with Gasteiger partial charge >= 0.3 is 0 Å². The van der Waals surface area contributed by atoms with E-state index >= 15 is 0 Å². The summed E-state index contributed by atoms with van der Waals surface area (Å²) in [5.41, 5.74) is 0. The molecule has 0 unspecified atom stereocenters. The summed E-state index contributed by atoms with van der Waals surface area (Å²) < 4.78 is 0. The van der Waals surface area contributed by atoms with Gasteiger partial charge in [0.05, 0.1) is 0 Å². The zero-order valence-corrected chi connectivity index (χ0v) is 11.3. The van der Waals surface area contributed by atoms with Gasteiger partial charge in [-0.05, 0) is 37.5 Å². The van der Waals surface area contributed by atoms with Crippen LogP contribution in [0.2, 0.25) is 0 Å². The molecule has 16 heavy (non-hydrogen) atoms. The van der Waals surface area contributed by atoms with Crippen LogP contribution in [-0.2, 0) is 0 Å². The Kier molecular flexibility index (Phi) is 4.04. The zero-order chi connectivity index (χ0) is 11.4. The first-order valence-corrected chi connectivity index (χ1v) is 8.26. The molecule has 0 aliphatic rings. The minimum atomic E-state index is -0.218. The molecule has 0 spiro atoms. The Morgan fingerprint density at radius 1 is 0.875 bits per heavy atom. The van der Waals surface area contributed by atoms with Crippen LogP contribution in [0.5, 0.6) is 0 Å². The average Bonchev–Trinajstić information content (AvgIpc) is 2.39. The molecule has 82 valence electrons. The summed E-state index contributed by atoms with van der Waals surface area (Å²) in [6, 6.07) is 19.5. The van der Waals surface area contributed by atoms with E-state index in [1.807, 2.05) is 11.8 Å². The van der Waals surface area contributed by atoms with Gasteiger partial charge in [-0.1, -0.05) is 48.5 Å². The van der Waals surface area contributed by atoms with Crippen molar-refractivity contribution >= 4 is 30.3 Å². The zero-order valence-electron chi connectivity index (χ0n) is 9.55. The van der Waals surface area contributed by atoms with Crippen LogP contribution in [0.25, 0.3) is 0 Å². The standard InChI is InChI=1S/C14H15PS/c1-15(12-8-4-3-5-9-12)13-10-6-7-11-14(13)16-2/h3-11H,1-2H3/t15-/m1/s1. The van der Waals surface area contributed by atoms with Gasteiger partial charge in [-0.25, -0.2) is 0 Å². The first kappa shape index (κ1) is 11.7. The Balaban J connectivity index is 2.37.